The highest BCUT2D eigenvalue weighted by molar-refractivity contribution is 7.80. The van der Waals surface area contributed by atoms with Crippen molar-refractivity contribution in [3.8, 4) is 5.75 Å². The Morgan fingerprint density at radius 1 is 1.37 bits per heavy atom. The second-order valence-electron chi connectivity index (χ2n) is 6.47. The van der Waals surface area contributed by atoms with Gasteiger partial charge in [-0.15, -0.1) is 0 Å². The summed E-state index contributed by atoms with van der Waals surface area (Å²) < 4.78 is 24.2. The summed E-state index contributed by atoms with van der Waals surface area (Å²) in [6, 6.07) is 7.35. The number of amides is 1. The first-order valence-electron chi connectivity index (χ1n) is 8.34. The molecule has 1 aliphatic rings. The normalized spacial score (nSPS) is 15.7. The van der Waals surface area contributed by atoms with Crippen molar-refractivity contribution >= 4 is 40.9 Å². The molecule has 0 bridgehead atoms. The standard InChI is InChI=1S/C19H18ClFN2O3S/c1-11(2)9-23-18(24)16(22-19(23)27)8-13-4-5-14(26-13)10-25-17-6-3-12(21)7-15(17)20/h3-8,11H,9-10H2,1-2H3,(H,22,27)/b16-8+. The van der Waals surface area contributed by atoms with Crippen LogP contribution in [-0.4, -0.2) is 22.5 Å². The Balaban J connectivity index is 1.66. The van der Waals surface area contributed by atoms with Gasteiger partial charge in [0.25, 0.3) is 5.91 Å². The molecular weight excluding hydrogens is 391 g/mol. The van der Waals surface area contributed by atoms with Crippen LogP contribution in [0.3, 0.4) is 0 Å². The topological polar surface area (TPSA) is 54.7 Å². The number of nitrogens with one attached hydrogen (secondary N) is 1. The molecule has 1 aliphatic heterocycles. The van der Waals surface area contributed by atoms with Gasteiger partial charge in [-0.3, -0.25) is 9.69 Å². The Labute approximate surface area is 166 Å². The number of carbonyl (C=O) groups is 1. The van der Waals surface area contributed by atoms with E-state index in [1.807, 2.05) is 13.8 Å². The molecule has 1 aromatic heterocycles. The number of thiocarbonyl (C=S) groups is 1. The van der Waals surface area contributed by atoms with Crippen LogP contribution >= 0.6 is 23.8 Å². The molecule has 0 spiro atoms. The van der Waals surface area contributed by atoms with Gasteiger partial charge in [-0.05, 0) is 48.5 Å². The molecule has 0 radical (unpaired) electrons. The third kappa shape index (κ3) is 4.67. The summed E-state index contributed by atoms with van der Waals surface area (Å²) >= 11 is 11.1. The predicted molar refractivity (Wildman–Crippen MR) is 105 cm³/mol. The quantitative estimate of drug-likeness (QED) is 0.568. The van der Waals surface area contributed by atoms with Gasteiger partial charge in [0.1, 0.15) is 35.4 Å². The van der Waals surface area contributed by atoms with Crippen molar-refractivity contribution < 1.29 is 18.3 Å². The molecule has 0 aliphatic carbocycles. The summed E-state index contributed by atoms with van der Waals surface area (Å²) in [5.74, 6) is 1.08. The number of nitrogens with zero attached hydrogens (tertiary/aromatic N) is 1. The molecular formula is C19H18ClFN2O3S. The Morgan fingerprint density at radius 2 is 2.15 bits per heavy atom. The summed E-state index contributed by atoms with van der Waals surface area (Å²) in [4.78, 5) is 14.0. The van der Waals surface area contributed by atoms with Crippen molar-refractivity contribution in [3.63, 3.8) is 0 Å². The van der Waals surface area contributed by atoms with Gasteiger partial charge >= 0.3 is 0 Å². The maximum Gasteiger partial charge on any atom is 0.276 e. The fourth-order valence-corrected chi connectivity index (χ4v) is 3.02. The van der Waals surface area contributed by atoms with Crippen LogP contribution in [0.2, 0.25) is 5.02 Å². The van der Waals surface area contributed by atoms with Crippen molar-refractivity contribution in [2.75, 3.05) is 6.54 Å². The van der Waals surface area contributed by atoms with E-state index >= 15 is 0 Å². The van der Waals surface area contributed by atoms with Gasteiger partial charge in [0.05, 0.1) is 5.02 Å². The number of hydrogen-bond donors (Lipinski definition) is 1. The smallest absolute Gasteiger partial charge is 0.276 e. The maximum atomic E-state index is 13.1. The Morgan fingerprint density at radius 3 is 2.85 bits per heavy atom. The van der Waals surface area contributed by atoms with Crippen LogP contribution in [0.4, 0.5) is 4.39 Å². The second kappa shape index (κ2) is 8.10. The van der Waals surface area contributed by atoms with Gasteiger partial charge in [-0.2, -0.15) is 0 Å². The Hall–Kier alpha value is -2.38. The number of hydrogen-bond acceptors (Lipinski definition) is 4. The molecule has 1 amide bonds. The van der Waals surface area contributed by atoms with Crippen molar-refractivity contribution in [3.05, 3.63) is 58.4 Å². The summed E-state index contributed by atoms with van der Waals surface area (Å²) in [6.07, 6.45) is 1.60. The molecule has 1 fully saturated rings. The SMILES string of the molecule is CC(C)CN1C(=O)/C(=C\c2ccc(COc3ccc(F)cc3Cl)o2)NC1=S. The van der Waals surface area contributed by atoms with Crippen molar-refractivity contribution in [2.24, 2.45) is 5.92 Å². The van der Waals surface area contributed by atoms with E-state index in [9.17, 15) is 9.18 Å². The maximum absolute atomic E-state index is 13.1. The van der Waals surface area contributed by atoms with Gasteiger partial charge in [-0.1, -0.05) is 25.4 Å². The predicted octanol–water partition coefficient (Wildman–Crippen LogP) is 4.36. The zero-order chi connectivity index (χ0) is 19.6. The molecule has 2 aromatic rings. The van der Waals surface area contributed by atoms with Crippen LogP contribution in [0.15, 0.2) is 40.4 Å². The zero-order valence-electron chi connectivity index (χ0n) is 14.8. The molecule has 5 nitrogen and oxygen atoms in total. The van der Waals surface area contributed by atoms with E-state index in [-0.39, 0.29) is 17.5 Å². The van der Waals surface area contributed by atoms with Gasteiger partial charge in [0.2, 0.25) is 0 Å². The van der Waals surface area contributed by atoms with Gasteiger partial charge in [-0.25, -0.2) is 4.39 Å². The minimum atomic E-state index is -0.433. The van der Waals surface area contributed by atoms with E-state index in [1.165, 1.54) is 23.1 Å². The zero-order valence-corrected chi connectivity index (χ0v) is 16.4. The van der Waals surface area contributed by atoms with Crippen molar-refractivity contribution in [1.29, 1.82) is 0 Å². The van der Waals surface area contributed by atoms with E-state index in [2.05, 4.69) is 5.32 Å². The second-order valence-corrected chi connectivity index (χ2v) is 7.26. The highest BCUT2D eigenvalue weighted by atomic mass is 35.5. The van der Waals surface area contributed by atoms with Crippen molar-refractivity contribution in [2.45, 2.75) is 20.5 Å². The van der Waals surface area contributed by atoms with Crippen molar-refractivity contribution in [1.82, 2.24) is 10.2 Å². The first-order chi connectivity index (χ1) is 12.8. The van der Waals surface area contributed by atoms with Crippen LogP contribution in [0.25, 0.3) is 6.08 Å². The summed E-state index contributed by atoms with van der Waals surface area (Å²) in [5.41, 5.74) is 0.365. The van der Waals surface area contributed by atoms with E-state index < -0.39 is 5.82 Å². The number of ether oxygens (including phenoxy) is 1. The minimum Gasteiger partial charge on any atom is -0.484 e. The fourth-order valence-electron chi connectivity index (χ4n) is 2.54. The summed E-state index contributed by atoms with van der Waals surface area (Å²) in [5, 5.41) is 3.49. The lowest BCUT2D eigenvalue weighted by Crippen LogP contribution is -2.33. The first kappa shape index (κ1) is 19.4. The van der Waals surface area contributed by atoms with Crippen LogP contribution in [0.5, 0.6) is 5.75 Å². The Kier molecular flexibility index (Phi) is 5.82. The van der Waals surface area contributed by atoms with E-state index in [0.29, 0.717) is 40.5 Å². The Bertz CT molecular complexity index is 910. The third-order valence-electron chi connectivity index (χ3n) is 3.74. The molecule has 1 N–H and O–H groups in total. The highest BCUT2D eigenvalue weighted by Gasteiger charge is 2.31. The van der Waals surface area contributed by atoms with Gasteiger partial charge < -0.3 is 14.5 Å². The molecule has 0 atom stereocenters. The third-order valence-corrected chi connectivity index (χ3v) is 4.36. The van der Waals surface area contributed by atoms with Crippen LogP contribution < -0.4 is 10.1 Å². The molecule has 0 unspecified atom stereocenters. The highest BCUT2D eigenvalue weighted by Crippen LogP contribution is 2.26. The lowest BCUT2D eigenvalue weighted by atomic mass is 10.2. The molecule has 1 aromatic carbocycles. The minimum absolute atomic E-state index is 0.119. The molecule has 0 saturated carbocycles. The van der Waals surface area contributed by atoms with Gasteiger partial charge in [0, 0.05) is 12.6 Å². The number of rotatable bonds is 6. The average Bonchev–Trinajstić information content (AvgIpc) is 3.14. The van der Waals surface area contributed by atoms with Crippen LogP contribution in [0.1, 0.15) is 25.4 Å². The van der Waals surface area contributed by atoms with Crippen LogP contribution in [0, 0.1) is 11.7 Å². The lowest BCUT2D eigenvalue weighted by molar-refractivity contribution is -0.122. The first-order valence-corrected chi connectivity index (χ1v) is 9.13. The molecule has 2 heterocycles. The number of halogens is 2. The number of carbonyl (C=O) groups excluding carboxylic acids is 1. The monoisotopic (exact) mass is 408 g/mol. The molecule has 3 rings (SSSR count). The van der Waals surface area contributed by atoms with Crippen LogP contribution in [-0.2, 0) is 11.4 Å². The largest absolute Gasteiger partial charge is 0.484 e. The summed E-state index contributed by atoms with van der Waals surface area (Å²) in [7, 11) is 0. The average molecular weight is 409 g/mol. The fraction of sp³-hybridized carbons (Fsp3) is 0.263. The lowest BCUT2D eigenvalue weighted by Gasteiger charge is -2.15. The molecule has 27 heavy (non-hydrogen) atoms. The molecule has 142 valence electrons. The number of benzene rings is 1. The van der Waals surface area contributed by atoms with E-state index in [0.717, 1.165) is 0 Å². The summed E-state index contributed by atoms with van der Waals surface area (Å²) in [6.45, 7) is 4.71. The molecule has 1 saturated heterocycles. The van der Waals surface area contributed by atoms with Gasteiger partial charge in [0.15, 0.2) is 5.11 Å². The van der Waals surface area contributed by atoms with E-state index in [1.54, 1.807) is 18.2 Å². The number of furan rings is 1. The molecule has 8 heteroatoms. The van der Waals surface area contributed by atoms with E-state index in [4.69, 9.17) is 33.0 Å².